The van der Waals surface area contributed by atoms with Crippen LogP contribution in [0.4, 0.5) is 17.1 Å². The fourth-order valence-corrected chi connectivity index (χ4v) is 15.6. The van der Waals surface area contributed by atoms with E-state index in [1.54, 1.807) is 0 Å². The van der Waals surface area contributed by atoms with Gasteiger partial charge in [-0.2, -0.15) is 10.5 Å². The van der Waals surface area contributed by atoms with Crippen LogP contribution in [0.25, 0.3) is 116 Å². The van der Waals surface area contributed by atoms with Gasteiger partial charge in [0.05, 0.1) is 73.4 Å². The zero-order valence-electron chi connectivity index (χ0n) is 54.1. The molecule has 0 radical (unpaired) electrons. The van der Waals surface area contributed by atoms with E-state index in [4.69, 9.17) is 4.74 Å². The quantitative estimate of drug-likeness (QED) is 0.149. The van der Waals surface area contributed by atoms with Gasteiger partial charge in [0, 0.05) is 66.1 Å². The third-order valence-corrected chi connectivity index (χ3v) is 20.3. The van der Waals surface area contributed by atoms with Crippen molar-refractivity contribution in [2.75, 3.05) is 4.90 Å². The molecule has 3 aromatic heterocycles. The minimum Gasteiger partial charge on any atom is -0.458 e. The second kappa shape index (κ2) is 21.2. The van der Waals surface area contributed by atoms with Crippen molar-refractivity contribution in [1.82, 2.24) is 13.7 Å². The summed E-state index contributed by atoms with van der Waals surface area (Å²) in [6.45, 7) is 13.5. The van der Waals surface area contributed by atoms with Crippen LogP contribution in [0, 0.1) is 22.7 Å². The number of ether oxygens (including phenoxy) is 1. The van der Waals surface area contributed by atoms with Crippen LogP contribution in [0.5, 0.6) is 11.5 Å². The van der Waals surface area contributed by atoms with Gasteiger partial charge in [-0.3, -0.25) is 0 Å². The number of para-hydroxylation sites is 5. The Morgan fingerprint density at radius 2 is 0.802 bits per heavy atom. The van der Waals surface area contributed by atoms with Crippen molar-refractivity contribution in [3.05, 3.63) is 295 Å². The SMILES string of the molecule is CC(C)(C)c1ccc2c(c1)c1cc(C(C)(C)C)ccc1n2-c1ccc2c(c1)N(c1ccccc1-c1ccccc1)c1cc(-c3cc(C#N)ccc3-n3c4ccccc4c4ccccc43)cc3c1B2c1ccc(-c2cc(C#N)ccc2-n2c4ccccc4c4ccccc42)cc1O3. The zero-order valence-corrected chi connectivity index (χ0v) is 54.1. The molecule has 0 saturated heterocycles. The van der Waals surface area contributed by atoms with E-state index in [0.29, 0.717) is 16.9 Å². The van der Waals surface area contributed by atoms with Crippen molar-refractivity contribution in [2.45, 2.75) is 52.4 Å². The molecule has 0 amide bonds. The Labute approximate surface area is 557 Å². The number of nitrogens with zero attached hydrogens (tertiary/aromatic N) is 6. The van der Waals surface area contributed by atoms with E-state index in [9.17, 15) is 10.5 Å². The van der Waals surface area contributed by atoms with Crippen molar-refractivity contribution in [3.63, 3.8) is 0 Å². The Hall–Kier alpha value is -12.1. The minimum absolute atomic E-state index is 0.0654. The number of fused-ring (bicyclic) bond motifs is 13. The second-order valence-electron chi connectivity index (χ2n) is 27.9. The van der Waals surface area contributed by atoms with Gasteiger partial charge in [-0.05, 0) is 176 Å². The lowest BCUT2D eigenvalue weighted by Crippen LogP contribution is -2.59. The van der Waals surface area contributed by atoms with E-state index in [2.05, 4.69) is 321 Å². The molecular formula is C88H63BN6O. The summed E-state index contributed by atoms with van der Waals surface area (Å²) in [7, 11) is 0. The maximum atomic E-state index is 10.9. The molecule has 8 heteroatoms. The van der Waals surface area contributed by atoms with Gasteiger partial charge in [0.25, 0.3) is 6.71 Å². The Kier molecular flexibility index (Phi) is 12.5. The molecule has 0 aliphatic carbocycles. The number of hydrogen-bond donors (Lipinski definition) is 0. The number of benzene rings is 13. The lowest BCUT2D eigenvalue weighted by atomic mass is 9.34. The zero-order chi connectivity index (χ0) is 64.9. The lowest BCUT2D eigenvalue weighted by molar-refractivity contribution is 0.488. The molecular weight excluding hydrogens is 1170 g/mol. The van der Waals surface area contributed by atoms with Crippen LogP contribution in [0.2, 0.25) is 0 Å². The molecule has 0 atom stereocenters. The molecule has 13 aromatic carbocycles. The molecule has 16 aromatic rings. The molecule has 0 fully saturated rings. The van der Waals surface area contributed by atoms with Gasteiger partial charge >= 0.3 is 0 Å². The van der Waals surface area contributed by atoms with Crippen LogP contribution in [0.15, 0.2) is 273 Å². The van der Waals surface area contributed by atoms with E-state index in [1.807, 2.05) is 24.3 Å². The fraction of sp³-hybridized carbons (Fsp3) is 0.0909. The first-order valence-corrected chi connectivity index (χ1v) is 33.0. The van der Waals surface area contributed by atoms with E-state index in [0.717, 1.165) is 144 Å². The summed E-state index contributed by atoms with van der Waals surface area (Å²) in [6, 6.07) is 103. The van der Waals surface area contributed by atoms with Crippen molar-refractivity contribution < 1.29 is 4.74 Å². The molecule has 0 bridgehead atoms. The van der Waals surface area contributed by atoms with Crippen molar-refractivity contribution in [3.8, 4) is 74.1 Å². The van der Waals surface area contributed by atoms with Gasteiger partial charge in [0.15, 0.2) is 0 Å². The monoisotopic (exact) mass is 1230 g/mol. The first-order chi connectivity index (χ1) is 46.8. The van der Waals surface area contributed by atoms with E-state index < -0.39 is 0 Å². The van der Waals surface area contributed by atoms with Gasteiger partial charge in [-0.1, -0.05) is 193 Å². The highest BCUT2D eigenvalue weighted by molar-refractivity contribution is 6.99. The van der Waals surface area contributed by atoms with Crippen molar-refractivity contribution >= 4 is 106 Å². The maximum absolute atomic E-state index is 10.9. The Morgan fingerprint density at radius 1 is 0.323 bits per heavy atom. The van der Waals surface area contributed by atoms with Crippen molar-refractivity contribution in [1.29, 1.82) is 10.5 Å². The normalized spacial score (nSPS) is 12.7. The molecule has 0 unspecified atom stereocenters. The number of nitriles is 2. The van der Waals surface area contributed by atoms with Gasteiger partial charge in [-0.15, -0.1) is 0 Å². The van der Waals surface area contributed by atoms with Crippen LogP contribution in [-0.2, 0) is 10.8 Å². The summed E-state index contributed by atoms with van der Waals surface area (Å²) in [4.78, 5) is 2.49. The first-order valence-electron chi connectivity index (χ1n) is 33.0. The van der Waals surface area contributed by atoms with Gasteiger partial charge in [-0.25, -0.2) is 0 Å². The van der Waals surface area contributed by atoms with Crippen LogP contribution in [0.3, 0.4) is 0 Å². The highest BCUT2D eigenvalue weighted by atomic mass is 16.5. The minimum atomic E-state index is -0.308. The molecule has 5 heterocycles. The van der Waals surface area contributed by atoms with E-state index >= 15 is 0 Å². The maximum Gasteiger partial charge on any atom is 0.256 e. The molecule has 0 saturated carbocycles. The van der Waals surface area contributed by atoms with Crippen LogP contribution < -0.4 is 26.0 Å². The Balaban J connectivity index is 0.933. The number of rotatable bonds is 7. The summed E-state index contributed by atoms with van der Waals surface area (Å²) in [5.41, 5.74) is 25.0. The smallest absolute Gasteiger partial charge is 0.256 e. The molecule has 2 aliphatic rings. The summed E-state index contributed by atoms with van der Waals surface area (Å²) < 4.78 is 14.9. The Morgan fingerprint density at radius 3 is 1.34 bits per heavy atom. The summed E-state index contributed by atoms with van der Waals surface area (Å²) in [5.74, 6) is 1.43. The number of aromatic nitrogens is 3. The van der Waals surface area contributed by atoms with Crippen LogP contribution in [-0.4, -0.2) is 20.4 Å². The Bertz CT molecular complexity index is 5900. The number of anilines is 3. The van der Waals surface area contributed by atoms with Crippen LogP contribution >= 0.6 is 0 Å². The number of hydrogen-bond acceptors (Lipinski definition) is 4. The standard InChI is InChI=1S/C88H63BN6O/c1-87(2,3)59-35-42-80-69(49-59)70-50-60(88(4,5)6)36-43-81(70)92(80)61-37-39-71-82(51-61)95(73-27-15-10-22-62(73)56-20-8-7-9-21-56)83-46-58(68-45-55(53-91)33-41-79(68)94-76-30-18-13-25-65(76)66-26-14-19-31-77(66)94)48-85-86(83)89(71)72-38-34-57(47-84(72)96-85)67-44-54(52-90)32-40-78(67)93-74-28-16-11-23-63(74)64-24-12-17-29-75(64)93/h7-51H,1-6H3. The fourth-order valence-electron chi connectivity index (χ4n) is 15.6. The molecule has 96 heavy (non-hydrogen) atoms. The predicted molar refractivity (Wildman–Crippen MR) is 398 cm³/mol. The highest BCUT2D eigenvalue weighted by Crippen LogP contribution is 2.50. The summed E-state index contributed by atoms with van der Waals surface area (Å²) in [6.07, 6.45) is 0. The lowest BCUT2D eigenvalue weighted by Gasteiger charge is -2.41. The third-order valence-electron chi connectivity index (χ3n) is 20.3. The van der Waals surface area contributed by atoms with E-state index in [-0.39, 0.29) is 17.5 Å². The largest absolute Gasteiger partial charge is 0.458 e. The van der Waals surface area contributed by atoms with Gasteiger partial charge < -0.3 is 23.3 Å². The summed E-state index contributed by atoms with van der Waals surface area (Å²) >= 11 is 0. The molecule has 0 N–H and O–H groups in total. The van der Waals surface area contributed by atoms with Gasteiger partial charge in [0.1, 0.15) is 11.5 Å². The second-order valence-corrected chi connectivity index (χ2v) is 27.9. The summed E-state index contributed by atoms with van der Waals surface area (Å²) in [5, 5.41) is 28.6. The molecule has 454 valence electrons. The average Bonchev–Trinajstić information content (AvgIpc) is 0.810. The molecule has 7 nitrogen and oxygen atoms in total. The molecule has 18 rings (SSSR count). The molecule has 0 spiro atoms. The predicted octanol–water partition coefficient (Wildman–Crippen LogP) is 20.7. The third kappa shape index (κ3) is 8.65. The molecule has 2 aliphatic heterocycles. The van der Waals surface area contributed by atoms with Crippen LogP contribution in [0.1, 0.15) is 63.8 Å². The van der Waals surface area contributed by atoms with Crippen molar-refractivity contribution in [2.24, 2.45) is 0 Å². The highest BCUT2D eigenvalue weighted by Gasteiger charge is 2.43. The van der Waals surface area contributed by atoms with E-state index in [1.165, 1.54) is 21.9 Å². The topological polar surface area (TPSA) is 74.8 Å². The average molecular weight is 1230 g/mol. The first kappa shape index (κ1) is 56.6. The van der Waals surface area contributed by atoms with Gasteiger partial charge in [0.2, 0.25) is 0 Å².